The zero-order chi connectivity index (χ0) is 18.6. The average Bonchev–Trinajstić information content (AvgIpc) is 2.53. The fraction of sp³-hybridized carbons (Fsp3) is 0.176. The standard InChI is InChI=1S/C17H15BrF2N2O3/c1-22(16(17(21)24)10-3-2-4-12(19)7-10)15(23)9-25-14-6-5-11(18)8-13(14)20/h2-8,16H,9H2,1H3,(H2,21,24). The van der Waals surface area contributed by atoms with Crippen molar-refractivity contribution in [2.24, 2.45) is 5.73 Å². The minimum absolute atomic E-state index is 0.105. The van der Waals surface area contributed by atoms with Crippen LogP contribution in [0.5, 0.6) is 5.75 Å². The summed E-state index contributed by atoms with van der Waals surface area (Å²) in [5.74, 6) is -2.74. The lowest BCUT2D eigenvalue weighted by atomic mass is 10.0. The van der Waals surface area contributed by atoms with E-state index in [1.54, 1.807) is 6.07 Å². The van der Waals surface area contributed by atoms with Gasteiger partial charge in [-0.3, -0.25) is 9.59 Å². The number of hydrogen-bond acceptors (Lipinski definition) is 3. The molecule has 8 heteroatoms. The summed E-state index contributed by atoms with van der Waals surface area (Å²) in [5, 5.41) is 0. The van der Waals surface area contributed by atoms with E-state index in [1.165, 1.54) is 37.4 Å². The number of carbonyl (C=O) groups excluding carboxylic acids is 2. The lowest BCUT2D eigenvalue weighted by Crippen LogP contribution is -2.41. The van der Waals surface area contributed by atoms with Gasteiger partial charge >= 0.3 is 0 Å². The summed E-state index contributed by atoms with van der Waals surface area (Å²) in [6, 6.07) is 8.18. The zero-order valence-electron chi connectivity index (χ0n) is 13.2. The Morgan fingerprint density at radius 3 is 2.56 bits per heavy atom. The van der Waals surface area contributed by atoms with Crippen LogP contribution in [0.25, 0.3) is 0 Å². The fourth-order valence-electron chi connectivity index (χ4n) is 2.23. The number of nitrogens with zero attached hydrogens (tertiary/aromatic N) is 1. The molecule has 2 amide bonds. The monoisotopic (exact) mass is 412 g/mol. The van der Waals surface area contributed by atoms with Gasteiger partial charge in [0.2, 0.25) is 5.91 Å². The van der Waals surface area contributed by atoms with Gasteiger partial charge < -0.3 is 15.4 Å². The number of nitrogens with two attached hydrogens (primary N) is 1. The number of carbonyl (C=O) groups is 2. The molecule has 0 bridgehead atoms. The molecular weight excluding hydrogens is 398 g/mol. The lowest BCUT2D eigenvalue weighted by Gasteiger charge is -2.26. The lowest BCUT2D eigenvalue weighted by molar-refractivity contribution is -0.139. The molecule has 0 fully saturated rings. The molecule has 2 rings (SSSR count). The molecule has 2 aromatic carbocycles. The van der Waals surface area contributed by atoms with Gasteiger partial charge in [0.25, 0.3) is 5.91 Å². The summed E-state index contributed by atoms with van der Waals surface area (Å²) in [6.45, 7) is -0.506. The Morgan fingerprint density at radius 1 is 1.24 bits per heavy atom. The van der Waals surface area contributed by atoms with Gasteiger partial charge in [-0.15, -0.1) is 0 Å². The summed E-state index contributed by atoms with van der Waals surface area (Å²) < 4.78 is 32.8. The highest BCUT2D eigenvalue weighted by Gasteiger charge is 2.27. The Hall–Kier alpha value is -2.48. The fourth-order valence-corrected chi connectivity index (χ4v) is 2.57. The van der Waals surface area contributed by atoms with Crippen molar-refractivity contribution >= 4 is 27.7 Å². The van der Waals surface area contributed by atoms with Crippen molar-refractivity contribution in [1.29, 1.82) is 0 Å². The molecule has 0 aromatic heterocycles. The maximum Gasteiger partial charge on any atom is 0.261 e. The topological polar surface area (TPSA) is 72.6 Å². The van der Waals surface area contributed by atoms with E-state index in [2.05, 4.69) is 15.9 Å². The second-order valence-corrected chi connectivity index (χ2v) is 6.14. The van der Waals surface area contributed by atoms with Gasteiger partial charge in [-0.25, -0.2) is 8.78 Å². The van der Waals surface area contributed by atoms with Gasteiger partial charge in [0.05, 0.1) is 0 Å². The SMILES string of the molecule is CN(C(=O)COc1ccc(Br)cc1F)C(C(N)=O)c1cccc(F)c1. The highest BCUT2D eigenvalue weighted by molar-refractivity contribution is 9.10. The predicted molar refractivity (Wildman–Crippen MR) is 90.7 cm³/mol. The van der Waals surface area contributed by atoms with Crippen LogP contribution in [0.2, 0.25) is 0 Å². The molecule has 0 saturated carbocycles. The van der Waals surface area contributed by atoms with E-state index >= 15 is 0 Å². The molecule has 5 nitrogen and oxygen atoms in total. The number of halogens is 3. The third-order valence-corrected chi connectivity index (χ3v) is 3.95. The summed E-state index contributed by atoms with van der Waals surface area (Å²) in [4.78, 5) is 25.0. The first-order chi connectivity index (χ1) is 11.8. The molecular formula is C17H15BrF2N2O3. The third kappa shape index (κ3) is 4.76. The first kappa shape index (κ1) is 18.9. The van der Waals surface area contributed by atoms with E-state index in [-0.39, 0.29) is 11.3 Å². The van der Waals surface area contributed by atoms with Crippen LogP contribution in [0.15, 0.2) is 46.9 Å². The molecule has 132 valence electrons. The second-order valence-electron chi connectivity index (χ2n) is 5.23. The van der Waals surface area contributed by atoms with Crippen LogP contribution < -0.4 is 10.5 Å². The van der Waals surface area contributed by atoms with Crippen molar-refractivity contribution in [3.05, 3.63) is 64.1 Å². The van der Waals surface area contributed by atoms with Crippen molar-refractivity contribution < 1.29 is 23.1 Å². The molecule has 0 heterocycles. The minimum atomic E-state index is -1.17. The van der Waals surface area contributed by atoms with E-state index in [0.29, 0.717) is 4.47 Å². The van der Waals surface area contributed by atoms with Crippen molar-refractivity contribution in [3.8, 4) is 5.75 Å². The number of hydrogen-bond donors (Lipinski definition) is 1. The van der Waals surface area contributed by atoms with E-state index in [4.69, 9.17) is 10.5 Å². The van der Waals surface area contributed by atoms with E-state index in [0.717, 1.165) is 11.0 Å². The first-order valence-corrected chi connectivity index (χ1v) is 7.97. The maximum atomic E-state index is 13.7. The highest BCUT2D eigenvalue weighted by Crippen LogP contribution is 2.23. The van der Waals surface area contributed by atoms with Gasteiger partial charge in [0, 0.05) is 11.5 Å². The van der Waals surface area contributed by atoms with Gasteiger partial charge in [-0.05, 0) is 35.9 Å². The van der Waals surface area contributed by atoms with Crippen LogP contribution in [0, 0.1) is 11.6 Å². The van der Waals surface area contributed by atoms with Gasteiger partial charge in [-0.1, -0.05) is 28.1 Å². The van der Waals surface area contributed by atoms with Crippen molar-refractivity contribution in [2.45, 2.75) is 6.04 Å². The molecule has 0 radical (unpaired) electrons. The van der Waals surface area contributed by atoms with Crippen LogP contribution in [-0.4, -0.2) is 30.4 Å². The third-order valence-electron chi connectivity index (χ3n) is 3.46. The Morgan fingerprint density at radius 2 is 1.96 bits per heavy atom. The largest absolute Gasteiger partial charge is 0.481 e. The molecule has 0 aliphatic rings. The maximum absolute atomic E-state index is 13.7. The van der Waals surface area contributed by atoms with Crippen molar-refractivity contribution in [3.63, 3.8) is 0 Å². The van der Waals surface area contributed by atoms with E-state index in [1.807, 2.05) is 0 Å². The van der Waals surface area contributed by atoms with Crippen molar-refractivity contribution in [1.82, 2.24) is 4.90 Å². The molecule has 0 saturated heterocycles. The summed E-state index contributed by atoms with van der Waals surface area (Å²) in [6.07, 6.45) is 0. The smallest absolute Gasteiger partial charge is 0.261 e. The zero-order valence-corrected chi connectivity index (χ0v) is 14.8. The molecule has 2 N–H and O–H groups in total. The van der Waals surface area contributed by atoms with Crippen LogP contribution in [-0.2, 0) is 9.59 Å². The number of rotatable bonds is 6. The normalized spacial score (nSPS) is 11.7. The summed E-state index contributed by atoms with van der Waals surface area (Å²) in [7, 11) is 1.34. The van der Waals surface area contributed by atoms with E-state index in [9.17, 15) is 18.4 Å². The highest BCUT2D eigenvalue weighted by atomic mass is 79.9. The van der Waals surface area contributed by atoms with E-state index < -0.39 is 36.1 Å². The Bertz CT molecular complexity index is 801. The Balaban J connectivity index is 2.12. The molecule has 1 atom stereocenters. The molecule has 0 aliphatic heterocycles. The van der Waals surface area contributed by atoms with Gasteiger partial charge in [-0.2, -0.15) is 0 Å². The average molecular weight is 413 g/mol. The predicted octanol–water partition coefficient (Wildman–Crippen LogP) is 2.79. The van der Waals surface area contributed by atoms with Crippen LogP contribution in [0.3, 0.4) is 0 Å². The van der Waals surface area contributed by atoms with Gasteiger partial charge in [0.15, 0.2) is 18.2 Å². The second kappa shape index (κ2) is 8.06. The number of primary amides is 1. The number of ether oxygens (including phenoxy) is 1. The molecule has 1 unspecified atom stereocenters. The molecule has 0 aliphatic carbocycles. The Kier molecular flexibility index (Phi) is 6.08. The van der Waals surface area contributed by atoms with Crippen LogP contribution in [0.4, 0.5) is 8.78 Å². The van der Waals surface area contributed by atoms with Crippen molar-refractivity contribution in [2.75, 3.05) is 13.7 Å². The van der Waals surface area contributed by atoms with Crippen LogP contribution in [0.1, 0.15) is 11.6 Å². The summed E-state index contributed by atoms with van der Waals surface area (Å²) >= 11 is 3.11. The quantitative estimate of drug-likeness (QED) is 0.792. The first-order valence-electron chi connectivity index (χ1n) is 7.18. The number of benzene rings is 2. The molecule has 25 heavy (non-hydrogen) atoms. The Labute approximate surface area is 151 Å². The molecule has 0 spiro atoms. The number of amides is 2. The number of likely N-dealkylation sites (N-methyl/N-ethyl adjacent to an activating group) is 1. The van der Waals surface area contributed by atoms with Crippen LogP contribution >= 0.6 is 15.9 Å². The minimum Gasteiger partial charge on any atom is -0.481 e. The molecule has 2 aromatic rings. The van der Waals surface area contributed by atoms with Gasteiger partial charge in [0.1, 0.15) is 11.9 Å². The summed E-state index contributed by atoms with van der Waals surface area (Å²) in [5.41, 5.74) is 5.58.